The van der Waals surface area contributed by atoms with E-state index in [1.807, 2.05) is 6.92 Å². The summed E-state index contributed by atoms with van der Waals surface area (Å²) in [7, 11) is -4.29. The summed E-state index contributed by atoms with van der Waals surface area (Å²) in [4.78, 5) is 3.42. The third-order valence-corrected chi connectivity index (χ3v) is 4.83. The van der Waals surface area contributed by atoms with E-state index in [1.54, 1.807) is 4.72 Å². The van der Waals surface area contributed by atoms with Gasteiger partial charge in [0.2, 0.25) is 10.0 Å². The Morgan fingerprint density at radius 2 is 2.05 bits per heavy atom. The molecule has 0 spiro atoms. The summed E-state index contributed by atoms with van der Waals surface area (Å²) < 4.78 is 64.9. The van der Waals surface area contributed by atoms with Gasteiger partial charge in [0, 0.05) is 18.9 Å². The van der Waals surface area contributed by atoms with Crippen molar-refractivity contribution in [2.75, 3.05) is 11.9 Å². The molecule has 1 aliphatic rings. The SMILES string of the molecule is CCCNc1ccncc1S(=O)(=O)NC1(C(F)(F)F)CC1. The standard InChI is InChI=1S/C12H16F3N3O2S/c1-2-6-17-9-3-7-16-8-10(9)21(19,20)18-11(4-5-11)12(13,14)15/h3,7-8,18H,2,4-6H2,1H3,(H,16,17). The molecule has 0 radical (unpaired) electrons. The van der Waals surface area contributed by atoms with E-state index in [2.05, 4.69) is 10.3 Å². The van der Waals surface area contributed by atoms with E-state index in [0.717, 1.165) is 12.6 Å². The van der Waals surface area contributed by atoms with Crippen molar-refractivity contribution in [1.29, 1.82) is 0 Å². The number of sulfonamides is 1. The van der Waals surface area contributed by atoms with Crippen LogP contribution in [0.15, 0.2) is 23.4 Å². The minimum absolute atomic E-state index is 0.242. The molecule has 1 aromatic rings. The Morgan fingerprint density at radius 1 is 1.38 bits per heavy atom. The van der Waals surface area contributed by atoms with E-state index < -0.39 is 21.7 Å². The molecule has 0 aromatic carbocycles. The second-order valence-corrected chi connectivity index (χ2v) is 6.63. The van der Waals surface area contributed by atoms with Crippen molar-refractivity contribution in [2.24, 2.45) is 0 Å². The molecule has 1 aromatic heterocycles. The summed E-state index contributed by atoms with van der Waals surface area (Å²) in [6.45, 7) is 2.40. The molecule has 0 bridgehead atoms. The second-order valence-electron chi connectivity index (χ2n) is 4.98. The summed E-state index contributed by atoms with van der Waals surface area (Å²) in [6.07, 6.45) is -1.90. The van der Waals surface area contributed by atoms with Crippen molar-refractivity contribution >= 4 is 15.7 Å². The number of halogens is 3. The number of nitrogens with zero attached hydrogens (tertiary/aromatic N) is 1. The first kappa shape index (κ1) is 16.0. The number of hydrogen-bond acceptors (Lipinski definition) is 4. The maximum Gasteiger partial charge on any atom is 0.407 e. The lowest BCUT2D eigenvalue weighted by atomic mass is 10.3. The van der Waals surface area contributed by atoms with Crippen LogP contribution in [-0.4, -0.2) is 31.7 Å². The molecule has 0 aliphatic heterocycles. The maximum absolute atomic E-state index is 12.9. The van der Waals surface area contributed by atoms with Crippen LogP contribution in [0, 0.1) is 0 Å². The maximum atomic E-state index is 12.9. The molecule has 0 saturated heterocycles. The van der Waals surface area contributed by atoms with E-state index >= 15 is 0 Å². The van der Waals surface area contributed by atoms with E-state index in [4.69, 9.17) is 0 Å². The molecule has 21 heavy (non-hydrogen) atoms. The molecule has 1 aliphatic carbocycles. The van der Waals surface area contributed by atoms with Crippen LogP contribution in [0.25, 0.3) is 0 Å². The van der Waals surface area contributed by atoms with Crippen molar-refractivity contribution in [3.05, 3.63) is 18.5 Å². The molecule has 9 heteroatoms. The monoisotopic (exact) mass is 323 g/mol. The van der Waals surface area contributed by atoms with Gasteiger partial charge in [0.25, 0.3) is 0 Å². The predicted octanol–water partition coefficient (Wildman–Crippen LogP) is 2.28. The summed E-state index contributed by atoms with van der Waals surface area (Å²) in [5.41, 5.74) is -2.08. The Bertz CT molecular complexity index is 612. The van der Waals surface area contributed by atoms with Gasteiger partial charge in [-0.2, -0.15) is 17.9 Å². The molecule has 118 valence electrons. The third-order valence-electron chi connectivity index (χ3n) is 3.26. The largest absolute Gasteiger partial charge is 0.407 e. The van der Waals surface area contributed by atoms with Crippen LogP contribution in [0.5, 0.6) is 0 Å². The van der Waals surface area contributed by atoms with Crippen LogP contribution in [-0.2, 0) is 10.0 Å². The number of alkyl halides is 3. The van der Waals surface area contributed by atoms with Crippen molar-refractivity contribution in [3.8, 4) is 0 Å². The summed E-state index contributed by atoms with van der Waals surface area (Å²) >= 11 is 0. The minimum Gasteiger partial charge on any atom is -0.384 e. The first-order valence-corrected chi connectivity index (χ1v) is 7.99. The lowest BCUT2D eigenvalue weighted by molar-refractivity contribution is -0.160. The van der Waals surface area contributed by atoms with Crippen LogP contribution >= 0.6 is 0 Å². The molecule has 1 saturated carbocycles. The number of anilines is 1. The molecule has 1 fully saturated rings. The highest BCUT2D eigenvalue weighted by molar-refractivity contribution is 7.89. The Kier molecular flexibility index (Phi) is 4.16. The van der Waals surface area contributed by atoms with Crippen LogP contribution in [0.1, 0.15) is 26.2 Å². The number of rotatable bonds is 6. The minimum atomic E-state index is -4.60. The quantitative estimate of drug-likeness (QED) is 0.842. The zero-order valence-electron chi connectivity index (χ0n) is 11.4. The number of hydrogen-bond donors (Lipinski definition) is 2. The van der Waals surface area contributed by atoms with Crippen molar-refractivity contribution in [1.82, 2.24) is 9.71 Å². The average molecular weight is 323 g/mol. The molecule has 0 atom stereocenters. The first-order chi connectivity index (χ1) is 9.72. The fourth-order valence-corrected chi connectivity index (χ4v) is 3.45. The molecule has 0 amide bonds. The van der Waals surface area contributed by atoms with Crippen molar-refractivity contribution in [3.63, 3.8) is 0 Å². The van der Waals surface area contributed by atoms with Gasteiger partial charge in [-0.25, -0.2) is 8.42 Å². The first-order valence-electron chi connectivity index (χ1n) is 6.50. The summed E-state index contributed by atoms with van der Waals surface area (Å²) in [5.74, 6) is 0. The highest BCUT2D eigenvalue weighted by Crippen LogP contribution is 2.49. The van der Waals surface area contributed by atoms with Crippen molar-refractivity contribution < 1.29 is 21.6 Å². The smallest absolute Gasteiger partial charge is 0.384 e. The Morgan fingerprint density at radius 3 is 2.57 bits per heavy atom. The zero-order chi connectivity index (χ0) is 15.7. The summed E-state index contributed by atoms with van der Waals surface area (Å²) in [5, 5.41) is 2.87. The van der Waals surface area contributed by atoms with E-state index in [1.165, 1.54) is 12.3 Å². The Labute approximate surface area is 121 Å². The fourth-order valence-electron chi connectivity index (χ4n) is 1.88. The van der Waals surface area contributed by atoms with Crippen LogP contribution in [0.4, 0.5) is 18.9 Å². The highest BCUT2D eigenvalue weighted by Gasteiger charge is 2.65. The van der Waals surface area contributed by atoms with Gasteiger partial charge in [0.05, 0.1) is 5.69 Å². The molecular formula is C12H16F3N3O2S. The number of pyridine rings is 1. The van der Waals surface area contributed by atoms with Gasteiger partial charge in [0.15, 0.2) is 0 Å². The number of aromatic nitrogens is 1. The van der Waals surface area contributed by atoms with Gasteiger partial charge < -0.3 is 5.32 Å². The molecular weight excluding hydrogens is 307 g/mol. The van der Waals surface area contributed by atoms with Crippen LogP contribution in [0.3, 0.4) is 0 Å². The average Bonchev–Trinajstić information content (AvgIpc) is 3.16. The van der Waals surface area contributed by atoms with Gasteiger partial charge in [-0.1, -0.05) is 6.92 Å². The Hall–Kier alpha value is -1.35. The lowest BCUT2D eigenvalue weighted by Gasteiger charge is -2.21. The van der Waals surface area contributed by atoms with E-state index in [-0.39, 0.29) is 23.4 Å². The lowest BCUT2D eigenvalue weighted by Crippen LogP contribution is -2.47. The predicted molar refractivity (Wildman–Crippen MR) is 71.4 cm³/mol. The normalized spacial score (nSPS) is 17.5. The van der Waals surface area contributed by atoms with Gasteiger partial charge >= 0.3 is 6.18 Å². The van der Waals surface area contributed by atoms with Gasteiger partial charge in [0.1, 0.15) is 10.4 Å². The zero-order valence-corrected chi connectivity index (χ0v) is 12.2. The summed E-state index contributed by atoms with van der Waals surface area (Å²) in [6, 6.07) is 1.43. The van der Waals surface area contributed by atoms with Gasteiger partial charge in [-0.05, 0) is 25.3 Å². The Balaban J connectivity index is 2.29. The highest BCUT2D eigenvalue weighted by atomic mass is 32.2. The van der Waals surface area contributed by atoms with Crippen LogP contribution < -0.4 is 10.0 Å². The molecule has 0 unspecified atom stereocenters. The molecule has 5 nitrogen and oxygen atoms in total. The van der Waals surface area contributed by atoms with E-state index in [0.29, 0.717) is 6.54 Å². The molecule has 2 rings (SSSR count). The molecule has 2 N–H and O–H groups in total. The fraction of sp³-hybridized carbons (Fsp3) is 0.583. The second kappa shape index (κ2) is 5.45. The third kappa shape index (κ3) is 3.29. The van der Waals surface area contributed by atoms with Crippen LogP contribution in [0.2, 0.25) is 0 Å². The number of nitrogens with one attached hydrogen (secondary N) is 2. The van der Waals surface area contributed by atoms with Crippen molar-refractivity contribution in [2.45, 2.75) is 42.8 Å². The topological polar surface area (TPSA) is 71.1 Å². The van der Waals surface area contributed by atoms with Gasteiger partial charge in [-0.15, -0.1) is 0 Å². The van der Waals surface area contributed by atoms with E-state index in [9.17, 15) is 21.6 Å². The molecule has 1 heterocycles. The van der Waals surface area contributed by atoms with Gasteiger partial charge in [-0.3, -0.25) is 4.98 Å².